The van der Waals surface area contributed by atoms with Gasteiger partial charge in [-0.3, -0.25) is 4.90 Å². The molecule has 1 saturated heterocycles. The highest BCUT2D eigenvalue weighted by molar-refractivity contribution is 5.54. The number of anilines is 2. The van der Waals surface area contributed by atoms with E-state index in [0.717, 1.165) is 43.9 Å². The summed E-state index contributed by atoms with van der Waals surface area (Å²) in [4.78, 5) is 17.3. The van der Waals surface area contributed by atoms with E-state index in [1.807, 2.05) is 0 Å². The Morgan fingerprint density at radius 1 is 1.20 bits per heavy atom. The first-order valence-corrected chi connectivity index (χ1v) is 8.68. The van der Waals surface area contributed by atoms with Gasteiger partial charge in [-0.05, 0) is 26.2 Å². The van der Waals surface area contributed by atoms with Crippen LogP contribution >= 0.6 is 0 Å². The summed E-state index contributed by atoms with van der Waals surface area (Å²) in [5, 5.41) is 14.3. The third kappa shape index (κ3) is 3.42. The number of nitrogens with zero attached hydrogens (tertiary/aromatic N) is 6. The number of rotatable bonds is 3. The van der Waals surface area contributed by atoms with Crippen molar-refractivity contribution in [1.29, 1.82) is 0 Å². The van der Waals surface area contributed by atoms with Crippen molar-refractivity contribution in [2.24, 2.45) is 0 Å². The topological polar surface area (TPSA) is 117 Å². The van der Waals surface area contributed by atoms with E-state index in [2.05, 4.69) is 29.9 Å². The standard InChI is InChI=1S/C16H23N7O2/c1-10-18-14(25-21-10)9-22-5-6-23(8-11(24)7-22)15-12-3-2-4-13(12)19-16(17)20-15/h11,24H,2-9H2,1H3,(H2,17,19,20)/t11-/m0/s1. The average Bonchev–Trinajstić information content (AvgIpc) is 3.14. The van der Waals surface area contributed by atoms with Gasteiger partial charge in [0.25, 0.3) is 0 Å². The van der Waals surface area contributed by atoms with Crippen LogP contribution in [-0.4, -0.2) is 62.4 Å². The fourth-order valence-electron chi connectivity index (χ4n) is 3.68. The van der Waals surface area contributed by atoms with Gasteiger partial charge in [0, 0.05) is 31.7 Å². The predicted octanol–water partition coefficient (Wildman–Crippen LogP) is -0.0780. The number of β-amino-alcohol motifs (C(OH)–C–C–N with tert-alkyl or cyclic N) is 1. The molecule has 1 aliphatic heterocycles. The van der Waals surface area contributed by atoms with E-state index in [1.165, 1.54) is 5.56 Å². The van der Waals surface area contributed by atoms with Crippen molar-refractivity contribution in [3.05, 3.63) is 23.0 Å². The van der Waals surface area contributed by atoms with Crippen LogP contribution < -0.4 is 10.6 Å². The quantitative estimate of drug-likeness (QED) is 0.787. The Bertz CT molecular complexity index is 763. The van der Waals surface area contributed by atoms with E-state index in [-0.39, 0.29) is 0 Å². The molecule has 9 nitrogen and oxygen atoms in total. The van der Waals surface area contributed by atoms with Crippen LogP contribution in [0, 0.1) is 6.92 Å². The Labute approximate surface area is 145 Å². The normalized spacial score (nSPS) is 21.4. The van der Waals surface area contributed by atoms with Gasteiger partial charge in [0.05, 0.1) is 18.3 Å². The van der Waals surface area contributed by atoms with Crippen LogP contribution in [0.5, 0.6) is 0 Å². The predicted molar refractivity (Wildman–Crippen MR) is 91.0 cm³/mol. The lowest BCUT2D eigenvalue weighted by Gasteiger charge is -2.25. The van der Waals surface area contributed by atoms with Crippen molar-refractivity contribution in [3.8, 4) is 0 Å². The molecule has 0 bridgehead atoms. The first-order chi connectivity index (χ1) is 12.1. The number of nitrogen functional groups attached to an aromatic ring is 1. The zero-order valence-electron chi connectivity index (χ0n) is 14.4. The third-order valence-corrected chi connectivity index (χ3v) is 4.74. The molecule has 25 heavy (non-hydrogen) atoms. The van der Waals surface area contributed by atoms with E-state index in [4.69, 9.17) is 10.3 Å². The summed E-state index contributed by atoms with van der Waals surface area (Å²) < 4.78 is 5.20. The van der Waals surface area contributed by atoms with Gasteiger partial charge in [-0.1, -0.05) is 5.16 Å². The van der Waals surface area contributed by atoms with Gasteiger partial charge in [-0.15, -0.1) is 0 Å². The van der Waals surface area contributed by atoms with Crippen LogP contribution in [0.15, 0.2) is 4.52 Å². The van der Waals surface area contributed by atoms with Gasteiger partial charge >= 0.3 is 0 Å². The smallest absolute Gasteiger partial charge is 0.240 e. The molecule has 1 aliphatic carbocycles. The van der Waals surface area contributed by atoms with Gasteiger partial charge in [0.2, 0.25) is 11.8 Å². The molecule has 0 radical (unpaired) electrons. The Kier molecular flexibility index (Phi) is 4.26. The number of nitrogens with two attached hydrogens (primary N) is 1. The average molecular weight is 345 g/mol. The molecule has 134 valence electrons. The number of hydrogen-bond donors (Lipinski definition) is 2. The van der Waals surface area contributed by atoms with E-state index < -0.39 is 6.10 Å². The van der Waals surface area contributed by atoms with E-state index in [0.29, 0.717) is 37.3 Å². The lowest BCUT2D eigenvalue weighted by molar-refractivity contribution is 0.122. The lowest BCUT2D eigenvalue weighted by atomic mass is 10.2. The maximum absolute atomic E-state index is 10.5. The van der Waals surface area contributed by atoms with Crippen LogP contribution in [0.25, 0.3) is 0 Å². The summed E-state index contributed by atoms with van der Waals surface area (Å²) in [7, 11) is 0. The molecule has 2 aromatic rings. The zero-order chi connectivity index (χ0) is 17.4. The van der Waals surface area contributed by atoms with E-state index in [9.17, 15) is 5.11 Å². The molecule has 0 saturated carbocycles. The SMILES string of the molecule is Cc1noc(CN2CCN(c3nc(N)nc4c3CCC4)C[C@@H](O)C2)n1. The third-order valence-electron chi connectivity index (χ3n) is 4.74. The van der Waals surface area contributed by atoms with Crippen molar-refractivity contribution < 1.29 is 9.63 Å². The highest BCUT2D eigenvalue weighted by Gasteiger charge is 2.27. The summed E-state index contributed by atoms with van der Waals surface area (Å²) in [6.07, 6.45) is 2.52. The van der Waals surface area contributed by atoms with E-state index in [1.54, 1.807) is 6.92 Å². The largest absolute Gasteiger partial charge is 0.390 e. The Hall–Kier alpha value is -2.26. The van der Waals surface area contributed by atoms with Gasteiger partial charge in [-0.2, -0.15) is 9.97 Å². The first-order valence-electron chi connectivity index (χ1n) is 8.68. The second-order valence-corrected chi connectivity index (χ2v) is 6.75. The Morgan fingerprint density at radius 2 is 2.08 bits per heavy atom. The molecule has 9 heteroatoms. The minimum absolute atomic E-state index is 0.313. The van der Waals surface area contributed by atoms with Crippen LogP contribution in [0.4, 0.5) is 11.8 Å². The maximum Gasteiger partial charge on any atom is 0.240 e. The molecular formula is C16H23N7O2. The van der Waals surface area contributed by atoms with Crippen LogP contribution in [0.2, 0.25) is 0 Å². The summed E-state index contributed by atoms with van der Waals surface area (Å²) in [6.45, 7) is 4.95. The summed E-state index contributed by atoms with van der Waals surface area (Å²) in [5.74, 6) is 2.39. The van der Waals surface area contributed by atoms with E-state index >= 15 is 0 Å². The number of hydrogen-bond acceptors (Lipinski definition) is 9. The van der Waals surface area contributed by atoms with Gasteiger partial charge in [0.1, 0.15) is 5.82 Å². The number of aliphatic hydroxyl groups is 1. The number of fused-ring (bicyclic) bond motifs is 1. The molecular weight excluding hydrogens is 322 g/mol. The fraction of sp³-hybridized carbons (Fsp3) is 0.625. The Balaban J connectivity index is 1.52. The highest BCUT2D eigenvalue weighted by atomic mass is 16.5. The molecule has 1 fully saturated rings. The zero-order valence-corrected chi connectivity index (χ0v) is 14.4. The summed E-state index contributed by atoms with van der Waals surface area (Å²) >= 11 is 0. The summed E-state index contributed by atoms with van der Waals surface area (Å²) in [5.41, 5.74) is 8.13. The first kappa shape index (κ1) is 16.2. The molecule has 3 heterocycles. The molecule has 2 aliphatic rings. The summed E-state index contributed by atoms with van der Waals surface area (Å²) in [6, 6.07) is 0. The van der Waals surface area contributed by atoms with Crippen LogP contribution in [-0.2, 0) is 19.4 Å². The van der Waals surface area contributed by atoms with Crippen LogP contribution in [0.1, 0.15) is 29.4 Å². The maximum atomic E-state index is 10.5. The van der Waals surface area contributed by atoms with Crippen molar-refractivity contribution in [2.75, 3.05) is 36.8 Å². The fourth-order valence-corrected chi connectivity index (χ4v) is 3.68. The molecule has 0 aromatic carbocycles. The molecule has 0 spiro atoms. The van der Waals surface area contributed by atoms with Crippen molar-refractivity contribution >= 4 is 11.8 Å². The van der Waals surface area contributed by atoms with Crippen molar-refractivity contribution in [3.63, 3.8) is 0 Å². The lowest BCUT2D eigenvalue weighted by Crippen LogP contribution is -2.34. The number of aromatic nitrogens is 4. The minimum Gasteiger partial charge on any atom is -0.390 e. The molecule has 2 aromatic heterocycles. The molecule has 0 unspecified atom stereocenters. The molecule has 3 N–H and O–H groups in total. The minimum atomic E-state index is -0.486. The molecule has 1 atom stereocenters. The molecule has 0 amide bonds. The Morgan fingerprint density at radius 3 is 2.88 bits per heavy atom. The number of aliphatic hydroxyl groups excluding tert-OH is 1. The van der Waals surface area contributed by atoms with Crippen molar-refractivity contribution in [2.45, 2.75) is 38.8 Å². The monoisotopic (exact) mass is 345 g/mol. The second-order valence-electron chi connectivity index (χ2n) is 6.75. The highest BCUT2D eigenvalue weighted by Crippen LogP contribution is 2.30. The second kappa shape index (κ2) is 6.57. The number of aryl methyl sites for hydroxylation is 2. The van der Waals surface area contributed by atoms with Gasteiger partial charge in [0.15, 0.2) is 5.82 Å². The van der Waals surface area contributed by atoms with Gasteiger partial charge in [-0.25, -0.2) is 4.98 Å². The van der Waals surface area contributed by atoms with Gasteiger partial charge < -0.3 is 20.3 Å². The van der Waals surface area contributed by atoms with Crippen molar-refractivity contribution in [1.82, 2.24) is 25.0 Å². The van der Waals surface area contributed by atoms with Crippen LogP contribution in [0.3, 0.4) is 0 Å². The molecule has 4 rings (SSSR count).